The van der Waals surface area contributed by atoms with Crippen LogP contribution in [0.4, 0.5) is 10.6 Å². The molecule has 0 unspecified atom stereocenters. The van der Waals surface area contributed by atoms with Crippen LogP contribution in [0.25, 0.3) is 16.6 Å². The van der Waals surface area contributed by atoms with Crippen LogP contribution in [-0.4, -0.2) is 27.8 Å². The number of carbonyl (C=O) groups is 2. The largest absolute Gasteiger partial charge is 0.444 e. The number of hydrogen-bond donors (Lipinski definition) is 1. The molecule has 3 aromatic rings. The third-order valence-corrected chi connectivity index (χ3v) is 3.45. The Balaban J connectivity index is 2.10. The van der Waals surface area contributed by atoms with Gasteiger partial charge in [-0.2, -0.15) is 5.10 Å². The molecule has 0 saturated heterocycles. The Kier molecular flexibility index (Phi) is 4.27. The van der Waals surface area contributed by atoms with Gasteiger partial charge in [0.2, 0.25) is 0 Å². The van der Waals surface area contributed by atoms with Gasteiger partial charge in [-0.15, -0.1) is 0 Å². The summed E-state index contributed by atoms with van der Waals surface area (Å²) in [5.41, 5.74) is 1.31. The van der Waals surface area contributed by atoms with Crippen molar-refractivity contribution in [1.82, 2.24) is 9.78 Å². The molecule has 2 aromatic carbocycles. The van der Waals surface area contributed by atoms with Gasteiger partial charge in [0, 0.05) is 10.9 Å². The van der Waals surface area contributed by atoms with Crippen molar-refractivity contribution in [2.45, 2.75) is 26.4 Å². The topological polar surface area (TPSA) is 73.2 Å². The molecule has 1 N–H and O–H groups in total. The molecule has 3 rings (SSSR count). The van der Waals surface area contributed by atoms with Crippen LogP contribution in [0.5, 0.6) is 0 Å². The molecule has 0 fully saturated rings. The number of rotatable bonds is 3. The van der Waals surface area contributed by atoms with Gasteiger partial charge in [-0.25, -0.2) is 9.48 Å². The minimum atomic E-state index is -0.609. The van der Waals surface area contributed by atoms with E-state index in [1.165, 1.54) is 0 Å². The number of nitrogens with zero attached hydrogens (tertiary/aromatic N) is 2. The number of aromatic nitrogens is 2. The number of ether oxygens (including phenoxy) is 1. The molecule has 0 atom stereocenters. The van der Waals surface area contributed by atoms with Gasteiger partial charge in [-0.1, -0.05) is 24.3 Å². The lowest BCUT2D eigenvalue weighted by atomic mass is 10.2. The van der Waals surface area contributed by atoms with Gasteiger partial charge >= 0.3 is 6.09 Å². The molecule has 0 aliphatic rings. The monoisotopic (exact) mass is 337 g/mol. The van der Waals surface area contributed by atoms with Gasteiger partial charge in [-0.05, 0) is 45.0 Å². The van der Waals surface area contributed by atoms with Gasteiger partial charge in [0.25, 0.3) is 0 Å². The number of fused-ring (bicyclic) bond motifs is 1. The van der Waals surface area contributed by atoms with Gasteiger partial charge in [0.15, 0.2) is 0 Å². The van der Waals surface area contributed by atoms with Crippen LogP contribution in [0.1, 0.15) is 31.1 Å². The Morgan fingerprint density at radius 3 is 2.52 bits per heavy atom. The predicted molar refractivity (Wildman–Crippen MR) is 96.3 cm³/mol. The number of benzene rings is 2. The summed E-state index contributed by atoms with van der Waals surface area (Å²) >= 11 is 0. The summed E-state index contributed by atoms with van der Waals surface area (Å²) in [5.74, 6) is 0.493. The number of hydrogen-bond acceptors (Lipinski definition) is 4. The molecule has 0 saturated carbocycles. The van der Waals surface area contributed by atoms with Crippen molar-refractivity contribution in [3.05, 3.63) is 54.1 Å². The average molecular weight is 337 g/mol. The zero-order chi connectivity index (χ0) is 18.0. The maximum absolute atomic E-state index is 12.2. The van der Waals surface area contributed by atoms with E-state index in [9.17, 15) is 9.59 Å². The maximum atomic E-state index is 12.2. The Labute approximate surface area is 145 Å². The number of amides is 1. The molecular formula is C19H19N3O3. The summed E-state index contributed by atoms with van der Waals surface area (Å²) in [4.78, 5) is 23.3. The fraction of sp³-hybridized carbons (Fsp3) is 0.211. The van der Waals surface area contributed by atoms with Crippen LogP contribution >= 0.6 is 0 Å². The van der Waals surface area contributed by atoms with E-state index in [2.05, 4.69) is 10.4 Å². The highest BCUT2D eigenvalue weighted by Gasteiger charge is 2.20. The quantitative estimate of drug-likeness (QED) is 0.728. The summed E-state index contributed by atoms with van der Waals surface area (Å²) in [7, 11) is 0. The molecule has 0 aliphatic carbocycles. The van der Waals surface area contributed by atoms with Crippen molar-refractivity contribution in [3.8, 4) is 5.69 Å². The molecule has 128 valence electrons. The lowest BCUT2D eigenvalue weighted by Gasteiger charge is -2.20. The normalized spacial score (nSPS) is 11.3. The van der Waals surface area contributed by atoms with Crippen LogP contribution < -0.4 is 5.32 Å². The zero-order valence-electron chi connectivity index (χ0n) is 14.3. The summed E-state index contributed by atoms with van der Waals surface area (Å²) in [5, 5.41) is 8.03. The summed E-state index contributed by atoms with van der Waals surface area (Å²) < 4.78 is 6.98. The van der Waals surface area contributed by atoms with Crippen LogP contribution in [0.3, 0.4) is 0 Å². The Morgan fingerprint density at radius 2 is 1.88 bits per heavy atom. The highest BCUT2D eigenvalue weighted by molar-refractivity contribution is 5.99. The van der Waals surface area contributed by atoms with Crippen molar-refractivity contribution in [2.75, 3.05) is 5.32 Å². The summed E-state index contributed by atoms with van der Waals surface area (Å²) in [6.45, 7) is 5.40. The third kappa shape index (κ3) is 3.68. The number of carbonyl (C=O) groups excluding carboxylic acids is 2. The molecule has 1 heterocycles. The number of para-hydroxylation sites is 1. The standard InChI is InChI=1S/C19H19N3O3/c1-19(2,3)25-18(24)20-17-15-10-9-13(12-23)11-16(15)21-22(17)14-7-5-4-6-8-14/h4-12H,1-3H3,(H,20,24). The molecule has 6 heteroatoms. The summed E-state index contributed by atoms with van der Waals surface area (Å²) in [6, 6.07) is 14.6. The van der Waals surface area contributed by atoms with Gasteiger partial charge in [0.1, 0.15) is 17.7 Å². The van der Waals surface area contributed by atoms with Crippen molar-refractivity contribution in [1.29, 1.82) is 0 Å². The van der Waals surface area contributed by atoms with Crippen LogP contribution in [0.2, 0.25) is 0 Å². The van der Waals surface area contributed by atoms with E-state index in [4.69, 9.17) is 4.74 Å². The number of anilines is 1. The van der Waals surface area contributed by atoms with E-state index in [-0.39, 0.29) is 0 Å². The molecule has 6 nitrogen and oxygen atoms in total. The number of aldehydes is 1. The Morgan fingerprint density at radius 1 is 1.16 bits per heavy atom. The molecular weight excluding hydrogens is 318 g/mol. The first-order chi connectivity index (χ1) is 11.9. The highest BCUT2D eigenvalue weighted by atomic mass is 16.6. The van der Waals surface area contributed by atoms with E-state index in [0.717, 1.165) is 17.4 Å². The first kappa shape index (κ1) is 16.7. The van der Waals surface area contributed by atoms with Crippen LogP contribution in [0, 0.1) is 0 Å². The van der Waals surface area contributed by atoms with Gasteiger partial charge < -0.3 is 4.74 Å². The average Bonchev–Trinajstić information content (AvgIpc) is 2.91. The number of nitrogens with one attached hydrogen (secondary N) is 1. The van der Waals surface area contributed by atoms with E-state index in [1.54, 1.807) is 43.7 Å². The highest BCUT2D eigenvalue weighted by Crippen LogP contribution is 2.27. The first-order valence-electron chi connectivity index (χ1n) is 7.91. The Hall–Kier alpha value is -3.15. The predicted octanol–water partition coefficient (Wildman–Crippen LogP) is 4.19. The van der Waals surface area contributed by atoms with Gasteiger partial charge in [0.05, 0.1) is 11.2 Å². The fourth-order valence-corrected chi connectivity index (χ4v) is 2.45. The molecule has 1 aromatic heterocycles. The van der Waals surface area contributed by atoms with Crippen molar-refractivity contribution < 1.29 is 14.3 Å². The van der Waals surface area contributed by atoms with E-state index >= 15 is 0 Å². The van der Waals surface area contributed by atoms with Crippen molar-refractivity contribution >= 4 is 29.1 Å². The van der Waals surface area contributed by atoms with Crippen LogP contribution in [-0.2, 0) is 4.74 Å². The second-order valence-corrected chi connectivity index (χ2v) is 6.62. The smallest absolute Gasteiger partial charge is 0.413 e. The summed E-state index contributed by atoms with van der Waals surface area (Å²) in [6.07, 6.45) is 0.202. The van der Waals surface area contributed by atoms with E-state index in [0.29, 0.717) is 16.9 Å². The Bertz CT molecular complexity index is 924. The lowest BCUT2D eigenvalue weighted by molar-refractivity contribution is 0.0635. The third-order valence-electron chi connectivity index (χ3n) is 3.45. The van der Waals surface area contributed by atoms with Crippen LogP contribution in [0.15, 0.2) is 48.5 Å². The first-order valence-corrected chi connectivity index (χ1v) is 7.91. The van der Waals surface area contributed by atoms with E-state index in [1.807, 2.05) is 30.3 Å². The zero-order valence-corrected chi connectivity index (χ0v) is 14.3. The van der Waals surface area contributed by atoms with Crippen molar-refractivity contribution in [3.63, 3.8) is 0 Å². The second-order valence-electron chi connectivity index (χ2n) is 6.62. The molecule has 1 amide bonds. The minimum absolute atomic E-state index is 0.493. The minimum Gasteiger partial charge on any atom is -0.444 e. The molecule has 0 bridgehead atoms. The molecule has 0 spiro atoms. The molecule has 0 radical (unpaired) electrons. The lowest BCUT2D eigenvalue weighted by Crippen LogP contribution is -2.28. The fourth-order valence-electron chi connectivity index (χ4n) is 2.45. The SMILES string of the molecule is CC(C)(C)OC(=O)Nc1c2ccc(C=O)cc2nn1-c1ccccc1. The van der Waals surface area contributed by atoms with E-state index < -0.39 is 11.7 Å². The van der Waals surface area contributed by atoms with Crippen molar-refractivity contribution in [2.24, 2.45) is 0 Å². The molecule has 0 aliphatic heterocycles. The second kappa shape index (κ2) is 6.39. The maximum Gasteiger partial charge on any atom is 0.413 e. The van der Waals surface area contributed by atoms with Gasteiger partial charge in [-0.3, -0.25) is 10.1 Å². The molecule has 25 heavy (non-hydrogen) atoms.